The second-order valence-electron chi connectivity index (χ2n) is 5.06. The first-order valence-corrected chi connectivity index (χ1v) is 6.56. The lowest BCUT2D eigenvalue weighted by molar-refractivity contribution is 0.232. The van der Waals surface area contributed by atoms with Crippen LogP contribution in [0.4, 0.5) is 5.95 Å². The molecule has 1 fully saturated rings. The lowest BCUT2D eigenvalue weighted by atomic mass is 10.2. The third-order valence-corrected chi connectivity index (χ3v) is 2.93. The van der Waals surface area contributed by atoms with Crippen LogP contribution in [0.15, 0.2) is 6.07 Å². The molecule has 0 aliphatic carbocycles. The van der Waals surface area contributed by atoms with Crippen molar-refractivity contribution in [2.45, 2.75) is 39.8 Å². The Morgan fingerprint density at radius 2 is 2.22 bits per heavy atom. The highest BCUT2D eigenvalue weighted by molar-refractivity contribution is 5.36. The Morgan fingerprint density at radius 1 is 1.44 bits per heavy atom. The number of ether oxygens (including phenoxy) is 1. The van der Waals surface area contributed by atoms with Gasteiger partial charge in [-0.2, -0.15) is 4.98 Å². The van der Waals surface area contributed by atoms with Crippen LogP contribution >= 0.6 is 0 Å². The number of piperazine rings is 1. The first-order valence-electron chi connectivity index (χ1n) is 6.56. The van der Waals surface area contributed by atoms with Crippen LogP contribution < -0.4 is 15.0 Å². The van der Waals surface area contributed by atoms with Crippen molar-refractivity contribution >= 4 is 5.95 Å². The molecule has 1 unspecified atom stereocenters. The standard InChI is InChI=1S/C13H22N4O/c1-9(2)18-12-7-10(3)15-13(16-12)17-6-5-14-8-11(17)4/h7,9,11,14H,5-6,8H2,1-4H3. The molecule has 1 atom stereocenters. The molecule has 0 aromatic carbocycles. The van der Waals surface area contributed by atoms with Crippen LogP contribution in [-0.2, 0) is 0 Å². The first kappa shape index (κ1) is 13.1. The molecule has 1 aliphatic rings. The van der Waals surface area contributed by atoms with Gasteiger partial charge in [0, 0.05) is 37.4 Å². The van der Waals surface area contributed by atoms with E-state index in [-0.39, 0.29) is 6.10 Å². The van der Waals surface area contributed by atoms with E-state index in [1.807, 2.05) is 26.8 Å². The van der Waals surface area contributed by atoms with Crippen molar-refractivity contribution in [1.29, 1.82) is 0 Å². The van der Waals surface area contributed by atoms with Crippen LogP contribution in [-0.4, -0.2) is 41.7 Å². The summed E-state index contributed by atoms with van der Waals surface area (Å²) in [5, 5.41) is 3.37. The SMILES string of the molecule is Cc1cc(OC(C)C)nc(N2CCNCC2C)n1. The van der Waals surface area contributed by atoms with E-state index in [2.05, 4.69) is 27.1 Å². The summed E-state index contributed by atoms with van der Waals surface area (Å²) in [4.78, 5) is 11.3. The van der Waals surface area contributed by atoms with E-state index in [1.54, 1.807) is 0 Å². The van der Waals surface area contributed by atoms with Crippen LogP contribution in [0.2, 0.25) is 0 Å². The highest BCUT2D eigenvalue weighted by Gasteiger charge is 2.21. The second-order valence-corrected chi connectivity index (χ2v) is 5.06. The third kappa shape index (κ3) is 3.10. The smallest absolute Gasteiger partial charge is 0.229 e. The van der Waals surface area contributed by atoms with Gasteiger partial charge < -0.3 is 15.0 Å². The molecule has 5 heteroatoms. The van der Waals surface area contributed by atoms with E-state index in [0.29, 0.717) is 11.9 Å². The van der Waals surface area contributed by atoms with E-state index in [9.17, 15) is 0 Å². The van der Waals surface area contributed by atoms with Gasteiger partial charge >= 0.3 is 0 Å². The number of rotatable bonds is 3. The van der Waals surface area contributed by atoms with Crippen molar-refractivity contribution in [2.24, 2.45) is 0 Å². The molecule has 1 saturated heterocycles. The second kappa shape index (κ2) is 5.52. The zero-order valence-corrected chi connectivity index (χ0v) is 11.6. The fourth-order valence-corrected chi connectivity index (χ4v) is 2.09. The molecule has 1 aromatic heterocycles. The lowest BCUT2D eigenvalue weighted by Crippen LogP contribution is -2.50. The van der Waals surface area contributed by atoms with Crippen molar-refractivity contribution in [3.05, 3.63) is 11.8 Å². The minimum Gasteiger partial charge on any atom is -0.475 e. The fraction of sp³-hybridized carbons (Fsp3) is 0.692. The molecule has 0 spiro atoms. The van der Waals surface area contributed by atoms with Gasteiger partial charge in [-0.15, -0.1) is 0 Å². The van der Waals surface area contributed by atoms with Crippen LogP contribution in [0.25, 0.3) is 0 Å². The molecule has 0 radical (unpaired) electrons. The Labute approximate surface area is 109 Å². The zero-order valence-electron chi connectivity index (χ0n) is 11.6. The molecule has 0 bridgehead atoms. The molecule has 0 amide bonds. The number of anilines is 1. The average Bonchev–Trinajstić information content (AvgIpc) is 2.27. The van der Waals surface area contributed by atoms with Crippen molar-refractivity contribution in [3.63, 3.8) is 0 Å². The van der Waals surface area contributed by atoms with Crippen LogP contribution in [0, 0.1) is 6.92 Å². The molecule has 1 N–H and O–H groups in total. The quantitative estimate of drug-likeness (QED) is 0.878. The van der Waals surface area contributed by atoms with Crippen molar-refractivity contribution in [3.8, 4) is 5.88 Å². The van der Waals surface area contributed by atoms with Crippen molar-refractivity contribution in [1.82, 2.24) is 15.3 Å². The molecule has 0 saturated carbocycles. The summed E-state index contributed by atoms with van der Waals surface area (Å²) >= 11 is 0. The summed E-state index contributed by atoms with van der Waals surface area (Å²) < 4.78 is 5.67. The molecule has 1 aliphatic heterocycles. The minimum absolute atomic E-state index is 0.132. The summed E-state index contributed by atoms with van der Waals surface area (Å²) in [7, 11) is 0. The lowest BCUT2D eigenvalue weighted by Gasteiger charge is -2.34. The van der Waals surface area contributed by atoms with E-state index < -0.39 is 0 Å². The topological polar surface area (TPSA) is 50.3 Å². The Morgan fingerprint density at radius 3 is 2.89 bits per heavy atom. The van der Waals surface area contributed by atoms with Gasteiger partial charge in [0.1, 0.15) is 0 Å². The zero-order chi connectivity index (χ0) is 13.1. The van der Waals surface area contributed by atoms with Gasteiger partial charge in [0.25, 0.3) is 0 Å². The van der Waals surface area contributed by atoms with Crippen LogP contribution in [0.1, 0.15) is 26.5 Å². The molecule has 1 aromatic rings. The van der Waals surface area contributed by atoms with Gasteiger partial charge in [0.2, 0.25) is 11.8 Å². The minimum atomic E-state index is 0.132. The number of hydrogen-bond donors (Lipinski definition) is 1. The summed E-state index contributed by atoms with van der Waals surface area (Å²) in [6.07, 6.45) is 0.132. The predicted molar refractivity (Wildman–Crippen MR) is 72.2 cm³/mol. The number of hydrogen-bond acceptors (Lipinski definition) is 5. The predicted octanol–water partition coefficient (Wildman–Crippen LogP) is 1.37. The number of nitrogens with one attached hydrogen (secondary N) is 1. The summed E-state index contributed by atoms with van der Waals surface area (Å²) in [5.74, 6) is 1.44. The maximum absolute atomic E-state index is 5.67. The Hall–Kier alpha value is -1.36. The molecular formula is C13H22N4O. The van der Waals surface area contributed by atoms with Gasteiger partial charge in [-0.3, -0.25) is 0 Å². The third-order valence-electron chi connectivity index (χ3n) is 2.93. The molecule has 2 heterocycles. The Kier molecular flexibility index (Phi) is 4.01. The maximum Gasteiger partial charge on any atom is 0.229 e. The molecule has 18 heavy (non-hydrogen) atoms. The normalized spacial score (nSPS) is 20.3. The Balaban J connectivity index is 2.23. The average molecular weight is 250 g/mol. The van der Waals surface area contributed by atoms with Crippen molar-refractivity contribution in [2.75, 3.05) is 24.5 Å². The van der Waals surface area contributed by atoms with E-state index >= 15 is 0 Å². The van der Waals surface area contributed by atoms with Crippen LogP contribution in [0.3, 0.4) is 0 Å². The highest BCUT2D eigenvalue weighted by Crippen LogP contribution is 2.19. The Bertz CT molecular complexity index is 408. The molecular weight excluding hydrogens is 228 g/mol. The maximum atomic E-state index is 5.67. The largest absolute Gasteiger partial charge is 0.475 e. The number of nitrogens with zero attached hydrogens (tertiary/aromatic N) is 3. The van der Waals surface area contributed by atoms with Gasteiger partial charge in [0.05, 0.1) is 6.10 Å². The van der Waals surface area contributed by atoms with E-state index in [4.69, 9.17) is 4.74 Å². The van der Waals surface area contributed by atoms with Gasteiger partial charge in [-0.05, 0) is 27.7 Å². The highest BCUT2D eigenvalue weighted by atomic mass is 16.5. The fourth-order valence-electron chi connectivity index (χ4n) is 2.09. The monoisotopic (exact) mass is 250 g/mol. The molecule has 5 nitrogen and oxygen atoms in total. The van der Waals surface area contributed by atoms with E-state index in [0.717, 1.165) is 31.3 Å². The van der Waals surface area contributed by atoms with Gasteiger partial charge in [-0.1, -0.05) is 0 Å². The number of aryl methyl sites for hydroxylation is 1. The summed E-state index contributed by atoms with van der Waals surface area (Å²) in [5.41, 5.74) is 0.946. The summed E-state index contributed by atoms with van der Waals surface area (Å²) in [6.45, 7) is 11.0. The first-order chi connectivity index (χ1) is 8.56. The van der Waals surface area contributed by atoms with E-state index in [1.165, 1.54) is 0 Å². The molecule has 2 rings (SSSR count). The number of aromatic nitrogens is 2. The summed E-state index contributed by atoms with van der Waals surface area (Å²) in [6, 6.07) is 2.29. The van der Waals surface area contributed by atoms with Gasteiger partial charge in [0.15, 0.2) is 0 Å². The molecule has 100 valence electrons. The van der Waals surface area contributed by atoms with Gasteiger partial charge in [-0.25, -0.2) is 4.98 Å². The van der Waals surface area contributed by atoms with Crippen molar-refractivity contribution < 1.29 is 4.74 Å². The van der Waals surface area contributed by atoms with Crippen LogP contribution in [0.5, 0.6) is 5.88 Å².